The van der Waals surface area contributed by atoms with Gasteiger partial charge in [0, 0.05) is 30.7 Å². The molecule has 2 aromatic heterocycles. The Hall–Kier alpha value is -2.99. The Kier molecular flexibility index (Phi) is 6.14. The number of nitrogens with zero attached hydrogens (tertiary/aromatic N) is 5. The smallest absolute Gasteiger partial charge is 0.268 e. The van der Waals surface area contributed by atoms with Crippen molar-refractivity contribution < 1.29 is 13.5 Å². The van der Waals surface area contributed by atoms with Crippen molar-refractivity contribution in [2.75, 3.05) is 24.2 Å². The second-order valence-electron chi connectivity index (χ2n) is 8.85. The SMILES string of the molecule is C#Cc1cc2cnc(NC3CCN(S(=O)(=O)CC#N)CC3)nc2n([C@@H]2CCC[C@@]2(C)O)c1=O. The van der Waals surface area contributed by atoms with E-state index in [1.807, 2.05) is 0 Å². The van der Waals surface area contributed by atoms with Crippen LogP contribution in [0.15, 0.2) is 17.1 Å². The normalized spacial score (nSPS) is 24.4. The van der Waals surface area contributed by atoms with Gasteiger partial charge in [-0.25, -0.2) is 17.7 Å². The number of terminal acetylenes is 1. The summed E-state index contributed by atoms with van der Waals surface area (Å²) in [5.74, 6) is 2.22. The molecule has 2 fully saturated rings. The molecule has 174 valence electrons. The predicted octanol–water partition coefficient (Wildman–Crippen LogP) is 0.978. The van der Waals surface area contributed by atoms with Gasteiger partial charge in [0.2, 0.25) is 16.0 Å². The van der Waals surface area contributed by atoms with Gasteiger partial charge in [-0.05, 0) is 45.1 Å². The van der Waals surface area contributed by atoms with Crippen LogP contribution in [0, 0.1) is 23.7 Å². The lowest BCUT2D eigenvalue weighted by Crippen LogP contribution is -2.43. The molecule has 2 aromatic rings. The molecule has 0 spiro atoms. The maximum atomic E-state index is 13.1. The van der Waals surface area contributed by atoms with E-state index in [-0.39, 0.29) is 17.2 Å². The van der Waals surface area contributed by atoms with Gasteiger partial charge in [0.1, 0.15) is 5.65 Å². The highest BCUT2D eigenvalue weighted by Gasteiger charge is 2.40. The topological polar surface area (TPSA) is 141 Å². The largest absolute Gasteiger partial charge is 0.388 e. The molecular weight excluding hydrogens is 444 g/mol. The van der Waals surface area contributed by atoms with Gasteiger partial charge in [-0.1, -0.05) is 5.92 Å². The highest BCUT2D eigenvalue weighted by molar-refractivity contribution is 7.89. The number of nitrogens with one attached hydrogen (secondary N) is 1. The van der Waals surface area contributed by atoms with Gasteiger partial charge in [0.15, 0.2) is 5.75 Å². The fraction of sp³-hybridized carbons (Fsp3) is 0.545. The molecule has 0 amide bonds. The van der Waals surface area contributed by atoms with E-state index in [0.29, 0.717) is 55.8 Å². The number of nitriles is 1. The molecule has 1 aliphatic carbocycles. The molecule has 0 radical (unpaired) electrons. The summed E-state index contributed by atoms with van der Waals surface area (Å²) in [7, 11) is -3.56. The number of aliphatic hydroxyl groups is 1. The molecule has 1 saturated heterocycles. The van der Waals surface area contributed by atoms with Crippen LogP contribution in [0.4, 0.5) is 5.95 Å². The average Bonchev–Trinajstić information content (AvgIpc) is 3.12. The van der Waals surface area contributed by atoms with Crippen molar-refractivity contribution in [2.24, 2.45) is 0 Å². The van der Waals surface area contributed by atoms with E-state index in [2.05, 4.69) is 21.2 Å². The van der Waals surface area contributed by atoms with E-state index in [0.717, 1.165) is 6.42 Å². The quantitative estimate of drug-likeness (QED) is 0.616. The second-order valence-corrected chi connectivity index (χ2v) is 10.8. The highest BCUT2D eigenvalue weighted by Crippen LogP contribution is 2.39. The van der Waals surface area contributed by atoms with E-state index in [1.54, 1.807) is 25.3 Å². The Morgan fingerprint density at radius 3 is 2.70 bits per heavy atom. The van der Waals surface area contributed by atoms with Crippen molar-refractivity contribution in [3.05, 3.63) is 28.2 Å². The van der Waals surface area contributed by atoms with E-state index < -0.39 is 27.4 Å². The number of aromatic nitrogens is 3. The Morgan fingerprint density at radius 1 is 1.36 bits per heavy atom. The van der Waals surface area contributed by atoms with Gasteiger partial charge in [-0.15, -0.1) is 6.42 Å². The van der Waals surface area contributed by atoms with Crippen LogP contribution in [-0.4, -0.2) is 62.8 Å². The summed E-state index contributed by atoms with van der Waals surface area (Å²) >= 11 is 0. The van der Waals surface area contributed by atoms with Gasteiger partial charge < -0.3 is 10.4 Å². The van der Waals surface area contributed by atoms with Gasteiger partial charge in [-0.3, -0.25) is 9.36 Å². The minimum absolute atomic E-state index is 0.0595. The first-order valence-electron chi connectivity index (χ1n) is 10.9. The van der Waals surface area contributed by atoms with E-state index in [9.17, 15) is 18.3 Å². The lowest BCUT2D eigenvalue weighted by atomic mass is 9.99. The number of piperidine rings is 1. The van der Waals surface area contributed by atoms with Crippen molar-refractivity contribution in [2.45, 2.75) is 56.7 Å². The first-order valence-corrected chi connectivity index (χ1v) is 12.5. The van der Waals surface area contributed by atoms with Crippen LogP contribution in [0.1, 0.15) is 50.6 Å². The zero-order valence-electron chi connectivity index (χ0n) is 18.4. The van der Waals surface area contributed by atoms with Crippen molar-refractivity contribution in [3.63, 3.8) is 0 Å². The molecule has 0 bridgehead atoms. The standard InChI is InChI=1S/C22H26N6O4S/c1-3-15-13-16-14-24-21(25-17-6-10-27(11-7-17)33(31,32)12-9-23)26-19(16)28(20(15)29)18-5-4-8-22(18,2)30/h1,13-14,17-18,30H,4-8,10-12H2,2H3,(H,24,25,26)/t18-,22-/m1/s1. The minimum Gasteiger partial charge on any atom is -0.388 e. The lowest BCUT2D eigenvalue weighted by molar-refractivity contribution is 0.0266. The molecule has 0 unspecified atom stereocenters. The van der Waals surface area contributed by atoms with Crippen LogP contribution in [0.25, 0.3) is 11.0 Å². The Bertz CT molecular complexity index is 1310. The molecule has 10 nitrogen and oxygen atoms in total. The van der Waals surface area contributed by atoms with Crippen LogP contribution in [0.3, 0.4) is 0 Å². The molecule has 11 heteroatoms. The Morgan fingerprint density at radius 2 is 2.09 bits per heavy atom. The fourth-order valence-electron chi connectivity index (χ4n) is 4.75. The van der Waals surface area contributed by atoms with Crippen molar-refractivity contribution >= 4 is 27.0 Å². The molecule has 0 aromatic carbocycles. The summed E-state index contributed by atoms with van der Waals surface area (Å²) < 4.78 is 27.0. The van der Waals surface area contributed by atoms with Crippen LogP contribution in [0.2, 0.25) is 0 Å². The summed E-state index contributed by atoms with van der Waals surface area (Å²) in [6.45, 7) is 2.33. The molecular formula is C22H26N6O4S. The highest BCUT2D eigenvalue weighted by atomic mass is 32.2. The van der Waals surface area contributed by atoms with Crippen molar-refractivity contribution in [3.8, 4) is 18.4 Å². The number of fused-ring (bicyclic) bond motifs is 1. The maximum Gasteiger partial charge on any atom is 0.268 e. The van der Waals surface area contributed by atoms with Crippen LogP contribution >= 0.6 is 0 Å². The number of anilines is 1. The van der Waals surface area contributed by atoms with Gasteiger partial charge in [0.05, 0.1) is 23.3 Å². The maximum absolute atomic E-state index is 13.1. The third kappa shape index (κ3) is 4.44. The number of hydrogen-bond donors (Lipinski definition) is 2. The molecule has 2 N–H and O–H groups in total. The molecule has 33 heavy (non-hydrogen) atoms. The molecule has 2 atom stereocenters. The molecule has 4 rings (SSSR count). The van der Waals surface area contributed by atoms with Gasteiger partial charge >= 0.3 is 0 Å². The van der Waals surface area contributed by atoms with E-state index in [1.165, 1.54) is 8.87 Å². The zero-order valence-corrected chi connectivity index (χ0v) is 19.2. The molecule has 1 saturated carbocycles. The third-order valence-corrected chi connectivity index (χ3v) is 8.19. The van der Waals surface area contributed by atoms with Gasteiger partial charge in [-0.2, -0.15) is 10.2 Å². The predicted molar refractivity (Wildman–Crippen MR) is 123 cm³/mol. The summed E-state index contributed by atoms with van der Waals surface area (Å²) in [4.78, 5) is 22.1. The number of hydrogen-bond acceptors (Lipinski definition) is 8. The van der Waals surface area contributed by atoms with Crippen LogP contribution in [0.5, 0.6) is 0 Å². The molecule has 3 heterocycles. The first kappa shape index (κ1) is 23.2. The van der Waals surface area contributed by atoms with E-state index >= 15 is 0 Å². The third-order valence-electron chi connectivity index (χ3n) is 6.55. The van der Waals surface area contributed by atoms with Crippen molar-refractivity contribution in [1.29, 1.82) is 5.26 Å². The first-order chi connectivity index (χ1) is 15.7. The zero-order chi connectivity index (χ0) is 23.8. The monoisotopic (exact) mass is 470 g/mol. The summed E-state index contributed by atoms with van der Waals surface area (Å²) in [5.41, 5.74) is -0.819. The Balaban J connectivity index is 1.63. The van der Waals surface area contributed by atoms with Crippen LogP contribution in [-0.2, 0) is 10.0 Å². The van der Waals surface area contributed by atoms with Crippen LogP contribution < -0.4 is 10.9 Å². The number of pyridine rings is 1. The molecule has 1 aliphatic heterocycles. The lowest BCUT2D eigenvalue weighted by Gasteiger charge is -2.31. The number of rotatable bonds is 5. The summed E-state index contributed by atoms with van der Waals surface area (Å²) in [6.07, 6.45) is 10.2. The fourth-order valence-corrected chi connectivity index (χ4v) is 5.87. The number of sulfonamides is 1. The second kappa shape index (κ2) is 8.75. The van der Waals surface area contributed by atoms with Crippen molar-refractivity contribution in [1.82, 2.24) is 18.8 Å². The van der Waals surface area contributed by atoms with E-state index in [4.69, 9.17) is 11.7 Å². The summed E-state index contributed by atoms with van der Waals surface area (Å²) in [5, 5.41) is 23.4. The average molecular weight is 471 g/mol. The van der Waals surface area contributed by atoms with Gasteiger partial charge in [0.25, 0.3) is 5.56 Å². The minimum atomic E-state index is -3.56. The Labute approximate surface area is 192 Å². The molecule has 2 aliphatic rings. The summed E-state index contributed by atoms with van der Waals surface area (Å²) in [6, 6.07) is 2.77.